The van der Waals surface area contributed by atoms with Gasteiger partial charge in [0.25, 0.3) is 5.91 Å². The minimum absolute atomic E-state index is 0.186. The van der Waals surface area contributed by atoms with Crippen molar-refractivity contribution in [1.29, 1.82) is 0 Å². The Morgan fingerprint density at radius 2 is 1.85 bits per heavy atom. The van der Waals surface area contributed by atoms with Crippen LogP contribution in [0.25, 0.3) is 0 Å². The highest BCUT2D eigenvalue weighted by molar-refractivity contribution is 7.99. The molecule has 0 bridgehead atoms. The number of nitrogens with one attached hydrogen (secondary N) is 1. The molecule has 0 saturated carbocycles. The van der Waals surface area contributed by atoms with Gasteiger partial charge in [-0.25, -0.2) is 4.39 Å². The Labute approximate surface area is 202 Å². The summed E-state index contributed by atoms with van der Waals surface area (Å²) in [6, 6.07) is 12.2. The van der Waals surface area contributed by atoms with Crippen molar-refractivity contribution in [3.63, 3.8) is 0 Å². The standard InChI is InChI=1S/C24H27ClFN3O3S/c25-20-5-2-1-4-19(20)23(31)29-21(16-33-24(29)17-6-8-18(26)9-7-17)22(30)27-10-3-11-28-12-14-32-15-13-28/h1-2,4-9,21,24H,3,10-16H2,(H,27,30). The number of amides is 2. The van der Waals surface area contributed by atoms with Crippen LogP contribution in [-0.2, 0) is 9.53 Å². The molecule has 0 spiro atoms. The van der Waals surface area contributed by atoms with E-state index in [1.807, 2.05) is 0 Å². The second-order valence-corrected chi connectivity index (χ2v) is 9.56. The lowest BCUT2D eigenvalue weighted by Gasteiger charge is -2.30. The van der Waals surface area contributed by atoms with Crippen molar-refractivity contribution in [2.75, 3.05) is 45.1 Å². The molecule has 0 aromatic heterocycles. The van der Waals surface area contributed by atoms with Gasteiger partial charge in [0, 0.05) is 25.4 Å². The quantitative estimate of drug-likeness (QED) is 0.600. The third-order valence-electron chi connectivity index (χ3n) is 5.85. The number of morpholine rings is 1. The van der Waals surface area contributed by atoms with Crippen molar-refractivity contribution < 1.29 is 18.7 Å². The molecule has 2 aromatic rings. The van der Waals surface area contributed by atoms with Gasteiger partial charge < -0.3 is 15.0 Å². The summed E-state index contributed by atoms with van der Waals surface area (Å²) in [6.45, 7) is 4.74. The van der Waals surface area contributed by atoms with Gasteiger partial charge in [0.15, 0.2) is 0 Å². The molecule has 2 aliphatic rings. The normalized spacial score (nSPS) is 21.2. The number of hydrogen-bond acceptors (Lipinski definition) is 5. The summed E-state index contributed by atoms with van der Waals surface area (Å²) in [5, 5.41) is 2.93. The lowest BCUT2D eigenvalue weighted by molar-refractivity contribution is -0.124. The van der Waals surface area contributed by atoms with Crippen molar-refractivity contribution in [3.05, 3.63) is 70.5 Å². The van der Waals surface area contributed by atoms with Crippen molar-refractivity contribution >= 4 is 35.2 Å². The molecular formula is C24H27ClFN3O3S. The molecule has 2 unspecified atom stereocenters. The number of benzene rings is 2. The summed E-state index contributed by atoms with van der Waals surface area (Å²) >= 11 is 7.79. The van der Waals surface area contributed by atoms with Crippen LogP contribution in [0.1, 0.15) is 27.7 Å². The number of carbonyl (C=O) groups excluding carboxylic acids is 2. The highest BCUT2D eigenvalue weighted by atomic mass is 35.5. The van der Waals surface area contributed by atoms with Gasteiger partial charge in [0.05, 0.1) is 23.8 Å². The van der Waals surface area contributed by atoms with Gasteiger partial charge >= 0.3 is 0 Å². The monoisotopic (exact) mass is 491 g/mol. The predicted molar refractivity (Wildman–Crippen MR) is 128 cm³/mol. The Hall–Kier alpha value is -2.13. The van der Waals surface area contributed by atoms with E-state index in [0.29, 0.717) is 22.9 Å². The Balaban J connectivity index is 1.46. The molecule has 4 rings (SSSR count). The maximum atomic E-state index is 13.5. The number of carbonyl (C=O) groups is 2. The van der Waals surface area contributed by atoms with Crippen molar-refractivity contribution in [3.8, 4) is 0 Å². The smallest absolute Gasteiger partial charge is 0.257 e. The third-order valence-corrected chi connectivity index (χ3v) is 7.50. The van der Waals surface area contributed by atoms with Gasteiger partial charge in [-0.05, 0) is 42.8 Å². The molecular weight excluding hydrogens is 465 g/mol. The fraction of sp³-hybridized carbons (Fsp3) is 0.417. The Bertz CT molecular complexity index is 972. The number of nitrogens with zero attached hydrogens (tertiary/aromatic N) is 2. The lowest BCUT2D eigenvalue weighted by atomic mass is 10.1. The zero-order valence-corrected chi connectivity index (χ0v) is 19.8. The Morgan fingerprint density at radius 1 is 1.12 bits per heavy atom. The van der Waals surface area contributed by atoms with Crippen LogP contribution >= 0.6 is 23.4 Å². The van der Waals surface area contributed by atoms with Crippen molar-refractivity contribution in [2.24, 2.45) is 0 Å². The van der Waals surface area contributed by atoms with E-state index in [0.717, 1.165) is 44.8 Å². The first-order valence-corrected chi connectivity index (χ1v) is 12.5. The number of thioether (sulfide) groups is 1. The summed E-state index contributed by atoms with van der Waals surface area (Å²) in [5.74, 6) is -0.392. The zero-order chi connectivity index (χ0) is 23.2. The number of rotatable bonds is 7. The molecule has 2 saturated heterocycles. The number of halogens is 2. The van der Waals surface area contributed by atoms with Crippen LogP contribution in [-0.4, -0.2) is 72.8 Å². The maximum absolute atomic E-state index is 13.5. The van der Waals surface area contributed by atoms with E-state index in [1.54, 1.807) is 41.3 Å². The fourth-order valence-corrected chi connectivity index (χ4v) is 5.72. The molecule has 2 aliphatic heterocycles. The summed E-state index contributed by atoms with van der Waals surface area (Å²) in [7, 11) is 0. The molecule has 2 amide bonds. The molecule has 33 heavy (non-hydrogen) atoms. The van der Waals surface area contributed by atoms with Crippen LogP contribution in [0.3, 0.4) is 0 Å². The molecule has 2 fully saturated rings. The van der Waals surface area contributed by atoms with Crippen LogP contribution in [0.4, 0.5) is 4.39 Å². The first-order chi connectivity index (χ1) is 16.0. The second kappa shape index (κ2) is 11.3. The summed E-state index contributed by atoms with van der Waals surface area (Å²) in [4.78, 5) is 30.5. The number of ether oxygens (including phenoxy) is 1. The third kappa shape index (κ3) is 5.87. The van der Waals surface area contributed by atoms with E-state index in [2.05, 4.69) is 10.2 Å². The van der Waals surface area contributed by atoms with Crippen LogP contribution in [0.5, 0.6) is 0 Å². The van der Waals surface area contributed by atoms with Gasteiger partial charge in [-0.2, -0.15) is 0 Å². The summed E-state index contributed by atoms with van der Waals surface area (Å²) in [6.07, 6.45) is 0.825. The van der Waals surface area contributed by atoms with Gasteiger partial charge in [0.1, 0.15) is 17.2 Å². The molecule has 2 heterocycles. The van der Waals surface area contributed by atoms with Gasteiger partial charge in [-0.1, -0.05) is 35.9 Å². The van der Waals surface area contributed by atoms with Crippen LogP contribution in [0.15, 0.2) is 48.5 Å². The molecule has 6 nitrogen and oxygen atoms in total. The molecule has 176 valence electrons. The molecule has 1 N–H and O–H groups in total. The Kier molecular flexibility index (Phi) is 8.25. The topological polar surface area (TPSA) is 61.9 Å². The highest BCUT2D eigenvalue weighted by Gasteiger charge is 2.42. The maximum Gasteiger partial charge on any atom is 0.257 e. The SMILES string of the molecule is O=C(NCCCN1CCOCC1)C1CSC(c2ccc(F)cc2)N1C(=O)c1ccccc1Cl. The predicted octanol–water partition coefficient (Wildman–Crippen LogP) is 3.57. The van der Waals surface area contributed by atoms with E-state index < -0.39 is 11.4 Å². The van der Waals surface area contributed by atoms with Crippen molar-refractivity contribution in [1.82, 2.24) is 15.1 Å². The van der Waals surface area contributed by atoms with E-state index in [1.165, 1.54) is 23.9 Å². The molecule has 0 aliphatic carbocycles. The minimum Gasteiger partial charge on any atom is -0.379 e. The van der Waals surface area contributed by atoms with E-state index >= 15 is 0 Å². The van der Waals surface area contributed by atoms with E-state index in [9.17, 15) is 14.0 Å². The fourth-order valence-electron chi connectivity index (χ4n) is 4.07. The van der Waals surface area contributed by atoms with E-state index in [4.69, 9.17) is 16.3 Å². The summed E-state index contributed by atoms with van der Waals surface area (Å²) < 4.78 is 18.8. The first-order valence-electron chi connectivity index (χ1n) is 11.1. The largest absolute Gasteiger partial charge is 0.379 e. The summed E-state index contributed by atoms with van der Waals surface area (Å²) in [5.41, 5.74) is 1.11. The molecule has 0 radical (unpaired) electrons. The second-order valence-electron chi connectivity index (χ2n) is 8.04. The minimum atomic E-state index is -0.641. The zero-order valence-electron chi connectivity index (χ0n) is 18.2. The van der Waals surface area contributed by atoms with Gasteiger partial charge in [0.2, 0.25) is 5.91 Å². The lowest BCUT2D eigenvalue weighted by Crippen LogP contribution is -2.48. The Morgan fingerprint density at radius 3 is 2.58 bits per heavy atom. The first kappa shape index (κ1) is 24.0. The van der Waals surface area contributed by atoms with Crippen LogP contribution in [0, 0.1) is 5.82 Å². The average molecular weight is 492 g/mol. The van der Waals surface area contributed by atoms with Gasteiger partial charge in [-0.15, -0.1) is 11.8 Å². The highest BCUT2D eigenvalue weighted by Crippen LogP contribution is 2.42. The molecule has 9 heteroatoms. The van der Waals surface area contributed by atoms with Crippen LogP contribution < -0.4 is 5.32 Å². The molecule has 2 aromatic carbocycles. The van der Waals surface area contributed by atoms with Gasteiger partial charge in [-0.3, -0.25) is 14.5 Å². The number of hydrogen-bond donors (Lipinski definition) is 1. The van der Waals surface area contributed by atoms with Crippen molar-refractivity contribution in [2.45, 2.75) is 17.8 Å². The van der Waals surface area contributed by atoms with E-state index in [-0.39, 0.29) is 17.6 Å². The van der Waals surface area contributed by atoms with Crippen LogP contribution in [0.2, 0.25) is 5.02 Å². The molecule has 2 atom stereocenters. The average Bonchev–Trinajstić information content (AvgIpc) is 3.28.